The minimum Gasteiger partial charge on any atom is -0.491 e. The van der Waals surface area contributed by atoms with Crippen LogP contribution in [0.1, 0.15) is 39.2 Å². The molecule has 1 saturated heterocycles. The van der Waals surface area contributed by atoms with Crippen LogP contribution in [0.3, 0.4) is 0 Å². The number of primary amides is 1. The van der Waals surface area contributed by atoms with E-state index in [1.165, 1.54) is 5.56 Å². The lowest BCUT2D eigenvalue weighted by molar-refractivity contribution is -0.122. The molecule has 23 heavy (non-hydrogen) atoms. The van der Waals surface area contributed by atoms with Gasteiger partial charge < -0.3 is 15.6 Å². The molecule has 0 aliphatic carbocycles. The van der Waals surface area contributed by atoms with Gasteiger partial charge in [0.25, 0.3) is 0 Å². The quantitative estimate of drug-likeness (QED) is 0.836. The van der Waals surface area contributed by atoms with Gasteiger partial charge in [-0.1, -0.05) is 32.9 Å². The van der Waals surface area contributed by atoms with Gasteiger partial charge in [0.05, 0.1) is 6.04 Å². The van der Waals surface area contributed by atoms with E-state index in [9.17, 15) is 9.90 Å². The van der Waals surface area contributed by atoms with Crippen LogP contribution in [0, 0.1) is 0 Å². The minimum absolute atomic E-state index is 0.109. The van der Waals surface area contributed by atoms with Gasteiger partial charge in [0.2, 0.25) is 5.91 Å². The first-order valence-electron chi connectivity index (χ1n) is 8.22. The van der Waals surface area contributed by atoms with E-state index in [4.69, 9.17) is 10.5 Å². The maximum absolute atomic E-state index is 11.4. The van der Waals surface area contributed by atoms with E-state index < -0.39 is 6.10 Å². The van der Waals surface area contributed by atoms with Crippen molar-refractivity contribution in [1.82, 2.24) is 4.90 Å². The Bertz CT molecular complexity index is 522. The van der Waals surface area contributed by atoms with Gasteiger partial charge in [-0.25, -0.2) is 0 Å². The summed E-state index contributed by atoms with van der Waals surface area (Å²) in [5.41, 5.74) is 6.74. The van der Waals surface area contributed by atoms with Crippen molar-refractivity contribution in [3.05, 3.63) is 29.8 Å². The number of aliphatic hydroxyl groups is 1. The topological polar surface area (TPSA) is 75.8 Å². The predicted octanol–water partition coefficient (Wildman–Crippen LogP) is 1.67. The van der Waals surface area contributed by atoms with Crippen LogP contribution >= 0.6 is 0 Å². The van der Waals surface area contributed by atoms with Crippen molar-refractivity contribution in [2.75, 3.05) is 19.7 Å². The molecule has 0 bridgehead atoms. The number of hydrogen-bond acceptors (Lipinski definition) is 4. The molecule has 2 unspecified atom stereocenters. The first-order chi connectivity index (χ1) is 10.8. The molecule has 2 rings (SSSR count). The molecular formula is C18H28N2O3. The first kappa shape index (κ1) is 17.8. The Kier molecular flexibility index (Phi) is 5.65. The van der Waals surface area contributed by atoms with E-state index in [0.29, 0.717) is 6.54 Å². The highest BCUT2D eigenvalue weighted by Crippen LogP contribution is 2.24. The van der Waals surface area contributed by atoms with Crippen LogP contribution in [-0.4, -0.2) is 47.8 Å². The molecule has 1 aromatic rings. The van der Waals surface area contributed by atoms with Crippen LogP contribution < -0.4 is 10.5 Å². The Balaban J connectivity index is 1.82. The molecule has 1 heterocycles. The second-order valence-corrected chi connectivity index (χ2v) is 7.29. The predicted molar refractivity (Wildman–Crippen MR) is 90.4 cm³/mol. The summed E-state index contributed by atoms with van der Waals surface area (Å²) in [5, 5.41) is 10.1. The standard InChI is InChI=1S/C18H28N2O3/c1-18(2,3)13-6-8-15(9-7-13)23-12-14(21)11-20-10-4-5-16(20)17(19)22/h6-9,14,16,21H,4-5,10-12H2,1-3H3,(H2,19,22). The zero-order chi connectivity index (χ0) is 17.0. The summed E-state index contributed by atoms with van der Waals surface area (Å²) in [5.74, 6) is 0.429. The second kappa shape index (κ2) is 7.32. The summed E-state index contributed by atoms with van der Waals surface area (Å²) in [6.07, 6.45) is 1.07. The Morgan fingerprint density at radius 1 is 1.39 bits per heavy atom. The van der Waals surface area contributed by atoms with Gasteiger partial charge in [-0.05, 0) is 42.5 Å². The van der Waals surface area contributed by atoms with E-state index in [1.54, 1.807) is 0 Å². The second-order valence-electron chi connectivity index (χ2n) is 7.29. The van der Waals surface area contributed by atoms with Gasteiger partial charge in [0.1, 0.15) is 18.5 Å². The van der Waals surface area contributed by atoms with Crippen LogP contribution in [0.25, 0.3) is 0 Å². The van der Waals surface area contributed by atoms with E-state index >= 15 is 0 Å². The highest BCUT2D eigenvalue weighted by molar-refractivity contribution is 5.80. The van der Waals surface area contributed by atoms with Gasteiger partial charge in [-0.2, -0.15) is 0 Å². The summed E-state index contributed by atoms with van der Waals surface area (Å²) < 4.78 is 5.65. The number of carbonyl (C=O) groups excluding carboxylic acids is 1. The summed E-state index contributed by atoms with van der Waals surface area (Å²) in [4.78, 5) is 13.3. The fourth-order valence-corrected chi connectivity index (χ4v) is 2.93. The Morgan fingerprint density at radius 3 is 2.61 bits per heavy atom. The minimum atomic E-state index is -0.641. The van der Waals surface area contributed by atoms with E-state index in [1.807, 2.05) is 29.2 Å². The molecule has 5 heteroatoms. The number of ether oxygens (including phenoxy) is 1. The van der Waals surface area contributed by atoms with Crippen LogP contribution in [0.4, 0.5) is 0 Å². The molecule has 1 aromatic carbocycles. The number of carbonyl (C=O) groups is 1. The van der Waals surface area contributed by atoms with E-state index in [-0.39, 0.29) is 24.0 Å². The van der Waals surface area contributed by atoms with Gasteiger partial charge in [0.15, 0.2) is 0 Å². The normalized spacial score (nSPS) is 20.4. The summed E-state index contributed by atoms with van der Waals surface area (Å²) in [6.45, 7) is 7.91. The number of hydrogen-bond donors (Lipinski definition) is 2. The zero-order valence-electron chi connectivity index (χ0n) is 14.3. The lowest BCUT2D eigenvalue weighted by Crippen LogP contribution is -2.44. The molecular weight excluding hydrogens is 292 g/mol. The number of benzene rings is 1. The SMILES string of the molecule is CC(C)(C)c1ccc(OCC(O)CN2CCCC2C(N)=O)cc1. The molecule has 0 spiro atoms. The monoisotopic (exact) mass is 320 g/mol. The van der Waals surface area contributed by atoms with Crippen molar-refractivity contribution in [2.24, 2.45) is 5.73 Å². The van der Waals surface area contributed by atoms with Crippen molar-refractivity contribution in [2.45, 2.75) is 51.2 Å². The van der Waals surface area contributed by atoms with Crippen molar-refractivity contribution in [3.8, 4) is 5.75 Å². The molecule has 1 amide bonds. The third-order valence-electron chi connectivity index (χ3n) is 4.30. The number of nitrogens with zero attached hydrogens (tertiary/aromatic N) is 1. The molecule has 1 aliphatic heterocycles. The summed E-state index contributed by atoms with van der Waals surface area (Å²) in [7, 11) is 0. The molecule has 128 valence electrons. The van der Waals surface area contributed by atoms with Crippen molar-refractivity contribution >= 4 is 5.91 Å². The maximum Gasteiger partial charge on any atom is 0.234 e. The highest BCUT2D eigenvalue weighted by atomic mass is 16.5. The molecule has 2 atom stereocenters. The Morgan fingerprint density at radius 2 is 2.04 bits per heavy atom. The Labute approximate surface area is 138 Å². The molecule has 0 aromatic heterocycles. The van der Waals surface area contributed by atoms with E-state index in [2.05, 4.69) is 20.8 Å². The fourth-order valence-electron chi connectivity index (χ4n) is 2.93. The average molecular weight is 320 g/mol. The summed E-state index contributed by atoms with van der Waals surface area (Å²) >= 11 is 0. The lowest BCUT2D eigenvalue weighted by atomic mass is 9.87. The summed E-state index contributed by atoms with van der Waals surface area (Å²) in [6, 6.07) is 7.69. The number of β-amino-alcohol motifs (C(OH)–C–C–N with tert-alkyl or cyclic N) is 1. The van der Waals surface area contributed by atoms with Crippen LogP contribution in [0.15, 0.2) is 24.3 Å². The molecule has 5 nitrogen and oxygen atoms in total. The van der Waals surface area contributed by atoms with Gasteiger partial charge in [0, 0.05) is 6.54 Å². The number of aliphatic hydroxyl groups excluding tert-OH is 1. The van der Waals surface area contributed by atoms with Crippen molar-refractivity contribution in [3.63, 3.8) is 0 Å². The van der Waals surface area contributed by atoms with Crippen molar-refractivity contribution < 1.29 is 14.6 Å². The fraction of sp³-hybridized carbons (Fsp3) is 0.611. The number of likely N-dealkylation sites (tertiary alicyclic amines) is 1. The largest absolute Gasteiger partial charge is 0.491 e. The third-order valence-corrected chi connectivity index (χ3v) is 4.30. The first-order valence-corrected chi connectivity index (χ1v) is 8.22. The number of amides is 1. The third kappa shape index (κ3) is 4.94. The van der Waals surface area contributed by atoms with Gasteiger partial charge in [-0.15, -0.1) is 0 Å². The van der Waals surface area contributed by atoms with Crippen LogP contribution in [-0.2, 0) is 10.2 Å². The molecule has 1 fully saturated rings. The molecule has 0 saturated carbocycles. The lowest BCUT2D eigenvalue weighted by Gasteiger charge is -2.24. The number of nitrogens with two attached hydrogens (primary N) is 1. The highest BCUT2D eigenvalue weighted by Gasteiger charge is 2.30. The maximum atomic E-state index is 11.4. The average Bonchev–Trinajstić information content (AvgIpc) is 2.93. The van der Waals surface area contributed by atoms with Gasteiger partial charge >= 0.3 is 0 Å². The van der Waals surface area contributed by atoms with E-state index in [0.717, 1.165) is 25.1 Å². The van der Waals surface area contributed by atoms with Crippen molar-refractivity contribution in [1.29, 1.82) is 0 Å². The van der Waals surface area contributed by atoms with Gasteiger partial charge in [-0.3, -0.25) is 9.69 Å². The van der Waals surface area contributed by atoms with Crippen LogP contribution in [0.2, 0.25) is 0 Å². The Hall–Kier alpha value is -1.59. The number of rotatable bonds is 6. The smallest absolute Gasteiger partial charge is 0.234 e. The molecule has 0 radical (unpaired) electrons. The molecule has 3 N–H and O–H groups in total. The molecule has 1 aliphatic rings. The van der Waals surface area contributed by atoms with Crippen LogP contribution in [0.5, 0.6) is 5.75 Å². The zero-order valence-corrected chi connectivity index (χ0v) is 14.3.